The minimum Gasteiger partial charge on any atom is -0.481 e. The van der Waals surface area contributed by atoms with Crippen LogP contribution in [-0.4, -0.2) is 16.3 Å². The number of rotatable bonds is 4. The van der Waals surface area contributed by atoms with Crippen molar-refractivity contribution in [2.75, 3.05) is 12.8 Å². The topological polar surface area (TPSA) is 65.2 Å². The first-order valence-corrected chi connectivity index (χ1v) is 7.23. The van der Waals surface area contributed by atoms with Gasteiger partial charge in [-0.15, -0.1) is 0 Å². The fourth-order valence-corrected chi connectivity index (χ4v) is 3.22. The normalized spacial score (nSPS) is 12.1. The quantitative estimate of drug-likeness (QED) is 0.881. The number of benzene rings is 1. The summed E-state index contributed by atoms with van der Waals surface area (Å²) in [6.07, 6.45) is 1.62. The van der Waals surface area contributed by atoms with Crippen LogP contribution in [0.4, 0.5) is 5.69 Å². The highest BCUT2D eigenvalue weighted by Gasteiger charge is 2.13. The molecule has 100 valence electrons. The summed E-state index contributed by atoms with van der Waals surface area (Å²) in [4.78, 5) is 4.59. The lowest BCUT2D eigenvalue weighted by Gasteiger charge is -2.08. The van der Waals surface area contributed by atoms with Crippen LogP contribution in [0.3, 0.4) is 0 Å². The minimum atomic E-state index is -1.30. The van der Waals surface area contributed by atoms with Crippen LogP contribution in [-0.2, 0) is 16.6 Å². The maximum Gasteiger partial charge on any atom is 0.217 e. The Morgan fingerprint density at radius 1 is 1.42 bits per heavy atom. The smallest absolute Gasteiger partial charge is 0.217 e. The SMILES string of the molecule is COc1ncccc1CS(=O)c1cc(N)ccc1Cl. The van der Waals surface area contributed by atoms with Gasteiger partial charge in [-0.1, -0.05) is 17.7 Å². The third-order valence-corrected chi connectivity index (χ3v) is 4.37. The number of nitrogens with zero attached hydrogens (tertiary/aromatic N) is 1. The van der Waals surface area contributed by atoms with Crippen molar-refractivity contribution < 1.29 is 8.95 Å². The first-order valence-electron chi connectivity index (χ1n) is 5.53. The summed E-state index contributed by atoms with van der Waals surface area (Å²) in [7, 11) is 0.230. The number of nitrogens with two attached hydrogens (primary N) is 1. The van der Waals surface area contributed by atoms with E-state index in [2.05, 4.69) is 4.98 Å². The van der Waals surface area contributed by atoms with Gasteiger partial charge in [-0.05, 0) is 24.3 Å². The molecule has 0 aliphatic rings. The second-order valence-electron chi connectivity index (χ2n) is 3.85. The van der Waals surface area contributed by atoms with Gasteiger partial charge in [0.05, 0.1) is 33.6 Å². The third-order valence-electron chi connectivity index (χ3n) is 2.53. The van der Waals surface area contributed by atoms with Crippen LogP contribution in [0, 0.1) is 0 Å². The molecule has 0 bridgehead atoms. The molecule has 0 radical (unpaired) electrons. The van der Waals surface area contributed by atoms with E-state index >= 15 is 0 Å². The van der Waals surface area contributed by atoms with Crippen molar-refractivity contribution in [1.82, 2.24) is 4.98 Å². The van der Waals surface area contributed by atoms with Gasteiger partial charge in [0.1, 0.15) is 0 Å². The van der Waals surface area contributed by atoms with Gasteiger partial charge in [-0.2, -0.15) is 0 Å². The number of ether oxygens (including phenoxy) is 1. The maximum atomic E-state index is 12.3. The minimum absolute atomic E-state index is 0.278. The summed E-state index contributed by atoms with van der Waals surface area (Å²) in [5.41, 5.74) is 6.98. The average Bonchev–Trinajstić information content (AvgIpc) is 2.42. The van der Waals surface area contributed by atoms with E-state index in [1.54, 1.807) is 30.5 Å². The van der Waals surface area contributed by atoms with Gasteiger partial charge >= 0.3 is 0 Å². The van der Waals surface area contributed by atoms with E-state index in [4.69, 9.17) is 22.1 Å². The van der Waals surface area contributed by atoms with Gasteiger partial charge in [0.25, 0.3) is 0 Å². The number of hydrogen-bond donors (Lipinski definition) is 1. The van der Waals surface area contributed by atoms with E-state index in [1.165, 1.54) is 7.11 Å². The lowest BCUT2D eigenvalue weighted by atomic mass is 10.3. The van der Waals surface area contributed by atoms with Crippen LogP contribution >= 0.6 is 11.6 Å². The van der Waals surface area contributed by atoms with Crippen molar-refractivity contribution in [1.29, 1.82) is 0 Å². The Bertz CT molecular complexity index is 619. The Balaban J connectivity index is 2.28. The van der Waals surface area contributed by atoms with Crippen LogP contribution in [0.5, 0.6) is 5.88 Å². The van der Waals surface area contributed by atoms with E-state index in [9.17, 15) is 4.21 Å². The lowest BCUT2D eigenvalue weighted by molar-refractivity contribution is 0.394. The second-order valence-corrected chi connectivity index (χ2v) is 5.68. The molecule has 1 aromatic heterocycles. The molecule has 0 fully saturated rings. The van der Waals surface area contributed by atoms with Gasteiger partial charge in [0.2, 0.25) is 5.88 Å². The summed E-state index contributed by atoms with van der Waals surface area (Å²) in [5, 5.41) is 0.440. The number of nitrogen functional groups attached to an aromatic ring is 1. The van der Waals surface area contributed by atoms with E-state index in [0.717, 1.165) is 5.56 Å². The third kappa shape index (κ3) is 3.24. The lowest BCUT2D eigenvalue weighted by Crippen LogP contribution is -2.01. The molecular weight excluding hydrogens is 284 g/mol. The highest BCUT2D eigenvalue weighted by Crippen LogP contribution is 2.26. The monoisotopic (exact) mass is 296 g/mol. The van der Waals surface area contributed by atoms with Crippen LogP contribution in [0.2, 0.25) is 5.02 Å². The number of aromatic nitrogens is 1. The molecule has 0 spiro atoms. The fourth-order valence-electron chi connectivity index (χ4n) is 1.63. The van der Waals surface area contributed by atoms with Crippen molar-refractivity contribution in [3.8, 4) is 5.88 Å². The Kier molecular flexibility index (Phi) is 4.39. The first-order chi connectivity index (χ1) is 9.11. The zero-order valence-electron chi connectivity index (χ0n) is 10.3. The standard InChI is InChI=1S/C13H13ClN2O2S/c1-18-13-9(3-2-6-16-13)8-19(17)12-7-10(15)4-5-11(12)14/h2-7H,8,15H2,1H3. The van der Waals surface area contributed by atoms with Crippen LogP contribution < -0.4 is 10.5 Å². The molecule has 4 nitrogen and oxygen atoms in total. The number of hydrogen-bond acceptors (Lipinski definition) is 4. The summed E-state index contributed by atoms with van der Waals surface area (Å²) >= 11 is 6.04. The highest BCUT2D eigenvalue weighted by atomic mass is 35.5. The zero-order chi connectivity index (χ0) is 13.8. The molecule has 2 aromatic rings. The Morgan fingerprint density at radius 2 is 2.21 bits per heavy atom. The predicted molar refractivity (Wildman–Crippen MR) is 76.8 cm³/mol. The summed E-state index contributed by atoms with van der Waals surface area (Å²) in [5.74, 6) is 0.746. The fraction of sp³-hybridized carbons (Fsp3) is 0.154. The highest BCUT2D eigenvalue weighted by molar-refractivity contribution is 7.84. The molecule has 6 heteroatoms. The van der Waals surface area contributed by atoms with Crippen molar-refractivity contribution in [3.63, 3.8) is 0 Å². The van der Waals surface area contributed by atoms with Gasteiger partial charge in [-0.3, -0.25) is 4.21 Å². The Labute approximate surface area is 119 Å². The molecule has 2 rings (SSSR count). The summed E-state index contributed by atoms with van der Waals surface area (Å²) in [6, 6.07) is 8.54. The van der Waals surface area contributed by atoms with Crippen molar-refractivity contribution >= 4 is 28.1 Å². The molecule has 0 amide bonds. The molecular formula is C13H13ClN2O2S. The van der Waals surface area contributed by atoms with Crippen LogP contribution in [0.15, 0.2) is 41.4 Å². The largest absolute Gasteiger partial charge is 0.481 e. The molecule has 1 unspecified atom stereocenters. The number of methoxy groups -OCH3 is 1. The number of pyridine rings is 1. The molecule has 2 N–H and O–H groups in total. The number of halogens is 1. The van der Waals surface area contributed by atoms with Gasteiger partial charge < -0.3 is 10.5 Å². The van der Waals surface area contributed by atoms with E-state index in [-0.39, 0.29) is 5.75 Å². The number of anilines is 1. The molecule has 0 aliphatic heterocycles. The molecule has 0 saturated heterocycles. The van der Waals surface area contributed by atoms with E-state index in [1.807, 2.05) is 6.07 Å². The molecule has 0 aliphatic carbocycles. The van der Waals surface area contributed by atoms with Crippen molar-refractivity contribution in [2.45, 2.75) is 10.6 Å². The van der Waals surface area contributed by atoms with Gasteiger partial charge in [0.15, 0.2) is 0 Å². The van der Waals surface area contributed by atoms with Gasteiger partial charge in [0, 0.05) is 17.4 Å². The van der Waals surface area contributed by atoms with E-state index in [0.29, 0.717) is 21.5 Å². The van der Waals surface area contributed by atoms with Crippen LogP contribution in [0.1, 0.15) is 5.56 Å². The molecule has 19 heavy (non-hydrogen) atoms. The molecule has 1 aromatic carbocycles. The Morgan fingerprint density at radius 3 is 2.95 bits per heavy atom. The Hall–Kier alpha value is -1.59. The molecule has 1 heterocycles. The predicted octanol–water partition coefficient (Wildman–Crippen LogP) is 2.63. The average molecular weight is 297 g/mol. The molecule has 1 atom stereocenters. The maximum absolute atomic E-state index is 12.3. The van der Waals surface area contributed by atoms with E-state index < -0.39 is 10.8 Å². The first kappa shape index (κ1) is 13.8. The summed E-state index contributed by atoms with van der Waals surface area (Å²) in [6.45, 7) is 0. The van der Waals surface area contributed by atoms with Crippen molar-refractivity contribution in [2.24, 2.45) is 0 Å². The summed E-state index contributed by atoms with van der Waals surface area (Å²) < 4.78 is 17.5. The second kappa shape index (κ2) is 6.04. The zero-order valence-corrected chi connectivity index (χ0v) is 11.9. The van der Waals surface area contributed by atoms with Crippen molar-refractivity contribution in [3.05, 3.63) is 47.1 Å². The van der Waals surface area contributed by atoms with Crippen LogP contribution in [0.25, 0.3) is 0 Å². The van der Waals surface area contributed by atoms with Gasteiger partial charge in [-0.25, -0.2) is 4.98 Å². The molecule has 0 saturated carbocycles.